The van der Waals surface area contributed by atoms with Crippen LogP contribution in [0, 0.1) is 30.6 Å². The van der Waals surface area contributed by atoms with Crippen molar-refractivity contribution in [3.63, 3.8) is 0 Å². The quantitative estimate of drug-likeness (QED) is 0.267. The number of carbonyl (C=O) groups is 2. The molecule has 7 nitrogen and oxygen atoms in total. The summed E-state index contributed by atoms with van der Waals surface area (Å²) in [4.78, 5) is 29.4. The molecular formula is C34H52N2O5. The van der Waals surface area contributed by atoms with Gasteiger partial charge in [-0.05, 0) is 101 Å². The Bertz CT molecular complexity index is 1080. The number of benzene rings is 1. The van der Waals surface area contributed by atoms with Gasteiger partial charge in [-0.1, -0.05) is 32.1 Å². The van der Waals surface area contributed by atoms with Crippen molar-refractivity contribution in [1.29, 1.82) is 0 Å². The van der Waals surface area contributed by atoms with Gasteiger partial charge in [0.1, 0.15) is 5.60 Å². The Labute approximate surface area is 248 Å². The van der Waals surface area contributed by atoms with Gasteiger partial charge in [-0.25, -0.2) is 9.59 Å². The molecule has 2 aliphatic rings. The summed E-state index contributed by atoms with van der Waals surface area (Å²) in [6.45, 7) is 16.3. The maximum atomic E-state index is 12.7. The van der Waals surface area contributed by atoms with Gasteiger partial charge in [0.2, 0.25) is 0 Å². The summed E-state index contributed by atoms with van der Waals surface area (Å²) >= 11 is 0. The fourth-order valence-electron chi connectivity index (χ4n) is 6.27. The van der Waals surface area contributed by atoms with E-state index in [1.165, 1.54) is 12.7 Å². The van der Waals surface area contributed by atoms with E-state index in [2.05, 4.69) is 36.7 Å². The maximum absolute atomic E-state index is 12.7. The van der Waals surface area contributed by atoms with Gasteiger partial charge in [0.15, 0.2) is 0 Å². The van der Waals surface area contributed by atoms with Crippen LogP contribution in [0.3, 0.4) is 0 Å². The number of esters is 1. The van der Waals surface area contributed by atoms with Crippen molar-refractivity contribution in [1.82, 2.24) is 9.80 Å². The molecule has 1 aliphatic carbocycles. The molecule has 0 radical (unpaired) electrons. The number of nitrogens with zero attached hydrogens (tertiary/aromatic N) is 2. The van der Waals surface area contributed by atoms with Crippen LogP contribution in [-0.4, -0.2) is 80.5 Å². The van der Waals surface area contributed by atoms with Gasteiger partial charge in [0, 0.05) is 31.7 Å². The van der Waals surface area contributed by atoms with E-state index >= 15 is 0 Å². The predicted molar refractivity (Wildman–Crippen MR) is 163 cm³/mol. The lowest BCUT2D eigenvalue weighted by Gasteiger charge is -2.37. The van der Waals surface area contributed by atoms with E-state index in [0.717, 1.165) is 76.0 Å². The highest BCUT2D eigenvalue weighted by Gasteiger charge is 2.31. The standard InChI is InChI=1S/C34H52N2O5/c1-9-28(21-26-12-14-29(15-13-26)35(7)33(38)41-34(4,5)6)24(2)30-22-27(23-31(25(30)3)32(37)39-8)11-10-16-36-17-19-40-20-18-36/h22-24,26,28-29H,9,12-21H2,1-8H3. The Balaban J connectivity index is 1.70. The first-order valence-corrected chi connectivity index (χ1v) is 15.4. The smallest absolute Gasteiger partial charge is 0.410 e. The summed E-state index contributed by atoms with van der Waals surface area (Å²) in [6.07, 6.45) is 6.21. The molecule has 1 aromatic carbocycles. The molecule has 0 N–H and O–H groups in total. The normalized spacial score (nSPS) is 21.3. The minimum absolute atomic E-state index is 0.231. The molecule has 1 aromatic rings. The molecular weight excluding hydrogens is 516 g/mol. The van der Waals surface area contributed by atoms with Gasteiger partial charge in [0.05, 0.1) is 32.4 Å². The second-order valence-electron chi connectivity index (χ2n) is 12.9. The van der Waals surface area contributed by atoms with Crippen LogP contribution in [0.4, 0.5) is 4.79 Å². The molecule has 2 atom stereocenters. The van der Waals surface area contributed by atoms with Crippen LogP contribution in [0.25, 0.3) is 0 Å². The summed E-state index contributed by atoms with van der Waals surface area (Å²) in [5.74, 6) is 7.73. The minimum Gasteiger partial charge on any atom is -0.465 e. The van der Waals surface area contributed by atoms with E-state index < -0.39 is 5.60 Å². The van der Waals surface area contributed by atoms with Crippen LogP contribution < -0.4 is 0 Å². The predicted octanol–water partition coefficient (Wildman–Crippen LogP) is 6.41. The molecule has 1 aliphatic heterocycles. The molecule has 2 fully saturated rings. The zero-order chi connectivity index (χ0) is 30.2. The molecule has 1 heterocycles. The summed E-state index contributed by atoms with van der Waals surface area (Å²) in [5, 5.41) is 0. The highest BCUT2D eigenvalue weighted by molar-refractivity contribution is 5.92. The van der Waals surface area contributed by atoms with Crippen molar-refractivity contribution in [2.24, 2.45) is 11.8 Å². The summed E-state index contributed by atoms with van der Waals surface area (Å²) < 4.78 is 16.2. The highest BCUT2D eigenvalue weighted by atomic mass is 16.6. The lowest BCUT2D eigenvalue weighted by molar-refractivity contribution is 0.0167. The van der Waals surface area contributed by atoms with Crippen molar-refractivity contribution >= 4 is 12.1 Å². The third kappa shape index (κ3) is 9.48. The molecule has 7 heteroatoms. The Hall–Kier alpha value is -2.56. The van der Waals surface area contributed by atoms with E-state index in [4.69, 9.17) is 14.2 Å². The molecule has 2 unspecified atom stereocenters. The molecule has 1 amide bonds. The minimum atomic E-state index is -0.482. The van der Waals surface area contributed by atoms with E-state index in [1.807, 2.05) is 40.8 Å². The number of rotatable bonds is 8. The SMILES string of the molecule is CCC(CC1CCC(N(C)C(=O)OC(C)(C)C)CC1)C(C)c1cc(C#CCN2CCOCC2)cc(C(=O)OC)c1C. The van der Waals surface area contributed by atoms with Gasteiger partial charge in [-0.2, -0.15) is 0 Å². The van der Waals surface area contributed by atoms with Gasteiger partial charge >= 0.3 is 12.1 Å². The molecule has 3 rings (SSSR count). The fraction of sp³-hybridized carbons (Fsp3) is 0.706. The number of methoxy groups -OCH3 is 1. The van der Waals surface area contributed by atoms with E-state index in [0.29, 0.717) is 23.9 Å². The molecule has 0 spiro atoms. The Kier molecular flexibility index (Phi) is 12.1. The second-order valence-corrected chi connectivity index (χ2v) is 12.9. The van der Waals surface area contributed by atoms with E-state index in [-0.39, 0.29) is 24.0 Å². The molecule has 0 bridgehead atoms. The Morgan fingerprint density at radius 2 is 1.80 bits per heavy atom. The van der Waals surface area contributed by atoms with E-state index in [9.17, 15) is 9.59 Å². The number of morpholine rings is 1. The van der Waals surface area contributed by atoms with Gasteiger partial charge in [-0.3, -0.25) is 4.90 Å². The zero-order valence-electron chi connectivity index (χ0n) is 26.7. The number of ether oxygens (including phenoxy) is 3. The average molecular weight is 569 g/mol. The van der Waals surface area contributed by atoms with Gasteiger partial charge in [0.25, 0.3) is 0 Å². The second kappa shape index (κ2) is 15.1. The van der Waals surface area contributed by atoms with Gasteiger partial charge < -0.3 is 19.1 Å². The number of amides is 1. The maximum Gasteiger partial charge on any atom is 0.410 e. The molecule has 0 aromatic heterocycles. The van der Waals surface area contributed by atoms with Gasteiger partial charge in [-0.15, -0.1) is 0 Å². The summed E-state index contributed by atoms with van der Waals surface area (Å²) in [5.41, 5.74) is 3.17. The van der Waals surface area contributed by atoms with Crippen LogP contribution in [0.2, 0.25) is 0 Å². The molecule has 1 saturated carbocycles. The van der Waals surface area contributed by atoms with Crippen LogP contribution in [0.5, 0.6) is 0 Å². The lowest BCUT2D eigenvalue weighted by atomic mass is 9.74. The lowest BCUT2D eigenvalue weighted by Crippen LogP contribution is -2.42. The highest BCUT2D eigenvalue weighted by Crippen LogP contribution is 2.39. The molecule has 41 heavy (non-hydrogen) atoms. The summed E-state index contributed by atoms with van der Waals surface area (Å²) in [6, 6.07) is 4.30. The first kappa shape index (κ1) is 32.9. The number of hydrogen-bond donors (Lipinski definition) is 0. The Morgan fingerprint density at radius 3 is 2.39 bits per heavy atom. The van der Waals surface area contributed by atoms with Crippen molar-refractivity contribution in [3.8, 4) is 11.8 Å². The monoisotopic (exact) mass is 568 g/mol. The van der Waals surface area contributed by atoms with Crippen LogP contribution in [0.15, 0.2) is 12.1 Å². The largest absolute Gasteiger partial charge is 0.465 e. The van der Waals surface area contributed by atoms with Crippen molar-refractivity contribution in [2.45, 2.75) is 97.6 Å². The van der Waals surface area contributed by atoms with Crippen LogP contribution in [0.1, 0.15) is 106 Å². The number of hydrogen-bond acceptors (Lipinski definition) is 6. The Morgan fingerprint density at radius 1 is 1.15 bits per heavy atom. The third-order valence-corrected chi connectivity index (χ3v) is 8.90. The van der Waals surface area contributed by atoms with Crippen LogP contribution in [-0.2, 0) is 14.2 Å². The van der Waals surface area contributed by atoms with Crippen LogP contribution >= 0.6 is 0 Å². The van der Waals surface area contributed by atoms with E-state index in [1.54, 1.807) is 4.90 Å². The summed E-state index contributed by atoms with van der Waals surface area (Å²) in [7, 11) is 3.31. The topological polar surface area (TPSA) is 68.3 Å². The zero-order valence-corrected chi connectivity index (χ0v) is 26.7. The molecule has 228 valence electrons. The number of carbonyl (C=O) groups excluding carboxylic acids is 2. The van der Waals surface area contributed by atoms with Crippen molar-refractivity contribution in [2.75, 3.05) is 47.0 Å². The molecule has 1 saturated heterocycles. The average Bonchev–Trinajstić information content (AvgIpc) is 2.95. The third-order valence-electron chi connectivity index (χ3n) is 8.90. The first-order valence-electron chi connectivity index (χ1n) is 15.4. The fourth-order valence-corrected chi connectivity index (χ4v) is 6.27. The van der Waals surface area contributed by atoms with Crippen molar-refractivity contribution < 1.29 is 23.8 Å². The first-order chi connectivity index (χ1) is 19.4. The van der Waals surface area contributed by atoms with Crippen molar-refractivity contribution in [3.05, 3.63) is 34.4 Å².